The minimum Gasteiger partial charge on any atom is -0.441 e. The molecule has 2 nitrogen and oxygen atoms in total. The molecule has 0 aliphatic carbocycles. The van der Waals surface area contributed by atoms with Crippen molar-refractivity contribution in [2.24, 2.45) is 0 Å². The Kier molecular flexibility index (Phi) is 2.36. The molecule has 66 valence electrons. The highest BCUT2D eigenvalue weighted by atomic mass is 16.4. The number of allylic oxidation sites excluding steroid dienone is 1. The van der Waals surface area contributed by atoms with E-state index in [4.69, 9.17) is 4.42 Å². The lowest BCUT2D eigenvalue weighted by Gasteiger charge is -1.98. The quantitative estimate of drug-likeness (QED) is 0.672. The van der Waals surface area contributed by atoms with Crippen molar-refractivity contribution in [2.75, 3.05) is 0 Å². The Bertz CT molecular complexity index is 297. The first-order chi connectivity index (χ1) is 5.52. The van der Waals surface area contributed by atoms with E-state index in [9.17, 15) is 0 Å². The first kappa shape index (κ1) is 9.04. The monoisotopic (exact) mass is 165 g/mol. The number of rotatable bonds is 2. The minimum absolute atomic E-state index is 0.394. The van der Waals surface area contributed by atoms with Crippen molar-refractivity contribution in [2.45, 2.75) is 33.6 Å². The van der Waals surface area contributed by atoms with Gasteiger partial charge in [-0.1, -0.05) is 20.4 Å². The van der Waals surface area contributed by atoms with E-state index in [0.717, 1.165) is 17.0 Å². The highest BCUT2D eigenvalue weighted by Gasteiger charge is 2.12. The number of nitrogens with zero attached hydrogens (tertiary/aromatic N) is 1. The van der Waals surface area contributed by atoms with Gasteiger partial charge in [-0.2, -0.15) is 0 Å². The van der Waals surface area contributed by atoms with Gasteiger partial charge >= 0.3 is 0 Å². The van der Waals surface area contributed by atoms with Crippen LogP contribution in [0.4, 0.5) is 0 Å². The van der Waals surface area contributed by atoms with Gasteiger partial charge in [0.05, 0.1) is 5.69 Å². The maximum atomic E-state index is 5.53. The van der Waals surface area contributed by atoms with E-state index in [2.05, 4.69) is 25.4 Å². The number of aromatic nitrogens is 1. The smallest absolute Gasteiger partial charge is 0.221 e. The molecule has 0 N–H and O–H groups in total. The Balaban J connectivity index is 3.09. The van der Waals surface area contributed by atoms with Gasteiger partial charge in [-0.3, -0.25) is 0 Å². The van der Waals surface area contributed by atoms with Crippen molar-refractivity contribution in [1.82, 2.24) is 4.98 Å². The molecule has 0 amide bonds. The molecule has 1 aromatic rings. The molecule has 1 aromatic heterocycles. The molecule has 0 spiro atoms. The van der Waals surface area contributed by atoms with Gasteiger partial charge in [0, 0.05) is 11.5 Å². The van der Waals surface area contributed by atoms with E-state index in [1.54, 1.807) is 0 Å². The van der Waals surface area contributed by atoms with Crippen molar-refractivity contribution >= 4 is 5.57 Å². The van der Waals surface area contributed by atoms with Crippen molar-refractivity contribution in [3.8, 4) is 0 Å². The normalized spacial score (nSPS) is 10.8. The van der Waals surface area contributed by atoms with E-state index >= 15 is 0 Å². The van der Waals surface area contributed by atoms with E-state index in [0.29, 0.717) is 11.8 Å². The zero-order chi connectivity index (χ0) is 9.30. The van der Waals surface area contributed by atoms with Gasteiger partial charge in [-0.25, -0.2) is 4.98 Å². The van der Waals surface area contributed by atoms with Crippen LogP contribution in [0.1, 0.15) is 44.0 Å². The first-order valence-corrected chi connectivity index (χ1v) is 4.15. The lowest BCUT2D eigenvalue weighted by Crippen LogP contribution is -1.86. The Morgan fingerprint density at radius 1 is 1.50 bits per heavy atom. The highest BCUT2D eigenvalue weighted by molar-refractivity contribution is 5.53. The van der Waals surface area contributed by atoms with Crippen LogP contribution < -0.4 is 0 Å². The van der Waals surface area contributed by atoms with Gasteiger partial charge in [0.1, 0.15) is 5.76 Å². The molecule has 0 aromatic carbocycles. The fraction of sp³-hybridized carbons (Fsp3) is 0.500. The van der Waals surface area contributed by atoms with Crippen LogP contribution in [0.3, 0.4) is 0 Å². The number of oxazole rings is 1. The molecule has 0 aliphatic rings. The molecule has 0 aliphatic heterocycles. The highest BCUT2D eigenvalue weighted by Crippen LogP contribution is 2.22. The molecule has 0 fully saturated rings. The Labute approximate surface area is 73.3 Å². The van der Waals surface area contributed by atoms with E-state index in [-0.39, 0.29) is 0 Å². The molecule has 2 heteroatoms. The lowest BCUT2D eigenvalue weighted by molar-refractivity contribution is 0.469. The summed E-state index contributed by atoms with van der Waals surface area (Å²) in [6.07, 6.45) is 0. The molecule has 0 saturated heterocycles. The molecule has 0 saturated carbocycles. The van der Waals surface area contributed by atoms with E-state index < -0.39 is 0 Å². The summed E-state index contributed by atoms with van der Waals surface area (Å²) in [5.41, 5.74) is 1.85. The third-order valence-electron chi connectivity index (χ3n) is 1.72. The Hall–Kier alpha value is -1.05. The fourth-order valence-electron chi connectivity index (χ4n) is 1.13. The molecular weight excluding hydrogens is 150 g/mol. The molecule has 0 bridgehead atoms. The summed E-state index contributed by atoms with van der Waals surface area (Å²) in [4.78, 5) is 4.27. The van der Waals surface area contributed by atoms with Gasteiger partial charge in [0.2, 0.25) is 5.89 Å². The molecule has 0 atom stereocenters. The molecular formula is C10H15NO. The number of hydrogen-bond donors (Lipinski definition) is 0. The van der Waals surface area contributed by atoms with Gasteiger partial charge in [-0.05, 0) is 13.8 Å². The Morgan fingerprint density at radius 3 is 2.33 bits per heavy atom. The molecule has 1 rings (SSSR count). The minimum atomic E-state index is 0.394. The summed E-state index contributed by atoms with van der Waals surface area (Å²) in [6, 6.07) is 0. The zero-order valence-corrected chi connectivity index (χ0v) is 8.14. The van der Waals surface area contributed by atoms with Gasteiger partial charge in [-0.15, -0.1) is 0 Å². The maximum Gasteiger partial charge on any atom is 0.221 e. The van der Waals surface area contributed by atoms with Crippen LogP contribution in [0.2, 0.25) is 0 Å². The SMILES string of the molecule is C=C(C)c1nc(C)c(C(C)C)o1. The average Bonchev–Trinajstić information content (AvgIpc) is 2.30. The van der Waals surface area contributed by atoms with Crippen molar-refractivity contribution in [3.63, 3.8) is 0 Å². The summed E-state index contributed by atoms with van der Waals surface area (Å²) in [5, 5.41) is 0. The van der Waals surface area contributed by atoms with Crippen LogP contribution in [0.15, 0.2) is 11.0 Å². The second kappa shape index (κ2) is 3.13. The summed E-state index contributed by atoms with van der Waals surface area (Å²) in [7, 11) is 0. The second-order valence-corrected chi connectivity index (χ2v) is 3.40. The van der Waals surface area contributed by atoms with E-state index in [1.165, 1.54) is 0 Å². The van der Waals surface area contributed by atoms with Crippen LogP contribution in [-0.4, -0.2) is 4.98 Å². The van der Waals surface area contributed by atoms with Crippen molar-refractivity contribution in [1.29, 1.82) is 0 Å². The molecule has 0 unspecified atom stereocenters. The largest absolute Gasteiger partial charge is 0.441 e. The third kappa shape index (κ3) is 1.58. The molecule has 0 radical (unpaired) electrons. The lowest BCUT2D eigenvalue weighted by atomic mass is 10.1. The Morgan fingerprint density at radius 2 is 2.08 bits per heavy atom. The zero-order valence-electron chi connectivity index (χ0n) is 8.14. The first-order valence-electron chi connectivity index (χ1n) is 4.15. The predicted octanol–water partition coefficient (Wildman–Crippen LogP) is 3.14. The molecule has 1 heterocycles. The van der Waals surface area contributed by atoms with Crippen LogP contribution in [0.25, 0.3) is 5.57 Å². The average molecular weight is 165 g/mol. The summed E-state index contributed by atoms with van der Waals surface area (Å²) in [6.45, 7) is 11.8. The van der Waals surface area contributed by atoms with Crippen molar-refractivity contribution < 1.29 is 4.42 Å². The van der Waals surface area contributed by atoms with Gasteiger partial charge in [0.15, 0.2) is 0 Å². The van der Waals surface area contributed by atoms with Gasteiger partial charge in [0.25, 0.3) is 0 Å². The van der Waals surface area contributed by atoms with E-state index in [1.807, 2.05) is 13.8 Å². The van der Waals surface area contributed by atoms with Crippen LogP contribution in [0, 0.1) is 6.92 Å². The number of hydrogen-bond acceptors (Lipinski definition) is 2. The topological polar surface area (TPSA) is 26.0 Å². The summed E-state index contributed by atoms with van der Waals surface area (Å²) >= 11 is 0. The fourth-order valence-corrected chi connectivity index (χ4v) is 1.13. The van der Waals surface area contributed by atoms with Gasteiger partial charge < -0.3 is 4.42 Å². The van der Waals surface area contributed by atoms with Crippen LogP contribution in [0.5, 0.6) is 0 Å². The summed E-state index contributed by atoms with van der Waals surface area (Å²) < 4.78 is 5.53. The third-order valence-corrected chi connectivity index (χ3v) is 1.72. The second-order valence-electron chi connectivity index (χ2n) is 3.40. The van der Waals surface area contributed by atoms with Crippen LogP contribution in [-0.2, 0) is 0 Å². The summed E-state index contributed by atoms with van der Waals surface area (Å²) in [5.74, 6) is 2.02. The van der Waals surface area contributed by atoms with Crippen LogP contribution >= 0.6 is 0 Å². The maximum absolute atomic E-state index is 5.53. The van der Waals surface area contributed by atoms with Crippen molar-refractivity contribution in [3.05, 3.63) is 23.9 Å². The standard InChI is InChI=1S/C10H15NO/c1-6(2)9-8(5)11-10(12-9)7(3)4/h6H,3H2,1-2,4-5H3. The molecule has 12 heavy (non-hydrogen) atoms. The predicted molar refractivity (Wildman–Crippen MR) is 50.0 cm³/mol. The number of aryl methyl sites for hydroxylation is 1.